The second-order valence-electron chi connectivity index (χ2n) is 7.64. The van der Waals surface area contributed by atoms with Gasteiger partial charge in [0.15, 0.2) is 0 Å². The molecule has 0 aromatic heterocycles. The first kappa shape index (κ1) is 20.9. The first-order chi connectivity index (χ1) is 14.7. The van der Waals surface area contributed by atoms with Crippen LogP contribution in [0.2, 0.25) is 0 Å². The van der Waals surface area contributed by atoms with Crippen molar-refractivity contribution in [2.24, 2.45) is 0 Å². The Balaban J connectivity index is 1.31. The van der Waals surface area contributed by atoms with Crippen LogP contribution in [-0.2, 0) is 27.4 Å². The van der Waals surface area contributed by atoms with Gasteiger partial charge in [-0.2, -0.15) is 0 Å². The maximum Gasteiger partial charge on any atom is 0.237 e. The van der Waals surface area contributed by atoms with Crippen molar-refractivity contribution in [3.63, 3.8) is 0 Å². The number of fused-ring (bicyclic) bond motifs is 1. The predicted octanol–water partition coefficient (Wildman–Crippen LogP) is 1.25. The summed E-state index contributed by atoms with van der Waals surface area (Å²) in [6.45, 7) is 5.53. The lowest BCUT2D eigenvalue weighted by atomic mass is 10.1. The van der Waals surface area contributed by atoms with Crippen molar-refractivity contribution in [3.8, 4) is 0 Å². The maximum absolute atomic E-state index is 12.5. The van der Waals surface area contributed by atoms with Gasteiger partial charge in [-0.05, 0) is 17.7 Å². The van der Waals surface area contributed by atoms with Gasteiger partial charge in [-0.25, -0.2) is 0 Å². The normalized spacial score (nSPS) is 16.9. The number of benzene rings is 2. The molecule has 6 nitrogen and oxygen atoms in total. The Hall–Kier alpha value is -2.35. The van der Waals surface area contributed by atoms with Gasteiger partial charge in [0, 0.05) is 30.0 Å². The van der Waals surface area contributed by atoms with E-state index in [9.17, 15) is 9.59 Å². The molecule has 0 radical (unpaired) electrons. The molecule has 0 saturated carbocycles. The van der Waals surface area contributed by atoms with Gasteiger partial charge in [0.05, 0.1) is 24.7 Å². The minimum Gasteiger partial charge on any atom is -0.370 e. The highest BCUT2D eigenvalue weighted by atomic mass is 32.2. The summed E-state index contributed by atoms with van der Waals surface area (Å²) in [4.78, 5) is 29.2. The van der Waals surface area contributed by atoms with E-state index in [0.717, 1.165) is 49.0 Å². The minimum atomic E-state index is -0.0352. The first-order valence-corrected chi connectivity index (χ1v) is 11.5. The Morgan fingerprint density at radius 2 is 1.80 bits per heavy atom. The lowest BCUT2D eigenvalue weighted by Crippen LogP contribution is -3.12. The topological polar surface area (TPSA) is 63.1 Å². The van der Waals surface area contributed by atoms with E-state index in [2.05, 4.69) is 23.5 Å². The standard InChI is InChI=1S/C23H27N3O3S/c27-22(9-10-26-20-7-3-4-8-21(20)30-17-23(26)28)24-15-18-5-1-2-6-19(18)16-25-11-13-29-14-12-25/h1-8H,9-17H2,(H,24,27)/p+1. The van der Waals surface area contributed by atoms with Crippen LogP contribution in [0.3, 0.4) is 0 Å². The third kappa shape index (κ3) is 5.22. The number of thioether (sulfide) groups is 1. The van der Waals surface area contributed by atoms with Crippen LogP contribution >= 0.6 is 11.8 Å². The number of amides is 2. The number of carbonyl (C=O) groups excluding carboxylic acids is 2. The Kier molecular flexibility index (Phi) is 7.04. The van der Waals surface area contributed by atoms with Crippen LogP contribution in [0, 0.1) is 0 Å². The van der Waals surface area contributed by atoms with E-state index in [4.69, 9.17) is 4.74 Å². The summed E-state index contributed by atoms with van der Waals surface area (Å²) in [5.74, 6) is 0.452. The highest BCUT2D eigenvalue weighted by Gasteiger charge is 2.24. The lowest BCUT2D eigenvalue weighted by Gasteiger charge is -2.28. The van der Waals surface area contributed by atoms with Crippen molar-refractivity contribution in [1.29, 1.82) is 0 Å². The number of morpholine rings is 1. The van der Waals surface area contributed by atoms with Crippen molar-refractivity contribution in [2.75, 3.05) is 43.5 Å². The number of carbonyl (C=O) groups is 2. The van der Waals surface area contributed by atoms with Crippen LogP contribution < -0.4 is 15.1 Å². The molecule has 2 amide bonds. The number of hydrogen-bond acceptors (Lipinski definition) is 4. The van der Waals surface area contributed by atoms with Crippen molar-refractivity contribution in [2.45, 2.75) is 24.4 Å². The first-order valence-electron chi connectivity index (χ1n) is 10.5. The number of rotatable bonds is 7. The van der Waals surface area contributed by atoms with E-state index in [1.165, 1.54) is 10.5 Å². The van der Waals surface area contributed by atoms with Gasteiger partial charge in [-0.15, -0.1) is 11.8 Å². The summed E-state index contributed by atoms with van der Waals surface area (Å²) in [6.07, 6.45) is 0.293. The second-order valence-corrected chi connectivity index (χ2v) is 8.65. The van der Waals surface area contributed by atoms with E-state index < -0.39 is 0 Å². The van der Waals surface area contributed by atoms with Gasteiger partial charge in [0.25, 0.3) is 0 Å². The summed E-state index contributed by atoms with van der Waals surface area (Å²) in [5.41, 5.74) is 3.33. The van der Waals surface area contributed by atoms with Gasteiger partial charge in [0.1, 0.15) is 19.6 Å². The van der Waals surface area contributed by atoms with Crippen molar-refractivity contribution >= 4 is 29.3 Å². The third-order valence-electron chi connectivity index (χ3n) is 5.61. The number of quaternary nitrogens is 1. The van der Waals surface area contributed by atoms with Crippen molar-refractivity contribution in [3.05, 3.63) is 59.7 Å². The van der Waals surface area contributed by atoms with Crippen molar-refractivity contribution in [1.82, 2.24) is 5.32 Å². The number of anilines is 1. The molecule has 4 rings (SSSR count). The van der Waals surface area contributed by atoms with E-state index >= 15 is 0 Å². The SMILES string of the molecule is O=C(CCN1C(=O)CSc2ccccc21)NCc1ccccc1C[NH+]1CCOCC1. The molecule has 30 heavy (non-hydrogen) atoms. The smallest absolute Gasteiger partial charge is 0.237 e. The zero-order valence-electron chi connectivity index (χ0n) is 17.1. The summed E-state index contributed by atoms with van der Waals surface area (Å²) < 4.78 is 5.45. The molecular formula is C23H28N3O3S+. The Morgan fingerprint density at radius 3 is 2.63 bits per heavy atom. The van der Waals surface area contributed by atoms with E-state index in [-0.39, 0.29) is 11.8 Å². The van der Waals surface area contributed by atoms with Crippen LogP contribution in [0.25, 0.3) is 0 Å². The number of hydrogen-bond donors (Lipinski definition) is 2. The third-order valence-corrected chi connectivity index (χ3v) is 6.65. The summed E-state index contributed by atoms with van der Waals surface area (Å²) in [5, 5.41) is 3.04. The quantitative estimate of drug-likeness (QED) is 0.700. The summed E-state index contributed by atoms with van der Waals surface area (Å²) in [7, 11) is 0. The van der Waals surface area contributed by atoms with Crippen LogP contribution in [0.1, 0.15) is 17.5 Å². The minimum absolute atomic E-state index is 0.0352. The van der Waals surface area contributed by atoms with E-state index in [1.54, 1.807) is 16.7 Å². The fourth-order valence-electron chi connectivity index (χ4n) is 3.90. The van der Waals surface area contributed by atoms with Gasteiger partial charge >= 0.3 is 0 Å². The zero-order chi connectivity index (χ0) is 20.8. The summed E-state index contributed by atoms with van der Waals surface area (Å²) >= 11 is 1.56. The molecule has 7 heteroatoms. The monoisotopic (exact) mass is 426 g/mol. The molecular weight excluding hydrogens is 398 g/mol. The summed E-state index contributed by atoms with van der Waals surface area (Å²) in [6, 6.07) is 16.2. The van der Waals surface area contributed by atoms with Crippen LogP contribution in [0.15, 0.2) is 53.4 Å². The Bertz CT molecular complexity index is 899. The largest absolute Gasteiger partial charge is 0.370 e. The molecule has 1 saturated heterocycles. The molecule has 0 atom stereocenters. The number of ether oxygens (including phenoxy) is 1. The highest BCUT2D eigenvalue weighted by molar-refractivity contribution is 8.00. The fraction of sp³-hybridized carbons (Fsp3) is 0.391. The maximum atomic E-state index is 12.5. The number of nitrogens with zero attached hydrogens (tertiary/aromatic N) is 1. The molecule has 158 valence electrons. The van der Waals surface area contributed by atoms with Gasteiger partial charge < -0.3 is 19.9 Å². The van der Waals surface area contributed by atoms with Crippen LogP contribution in [-0.4, -0.2) is 50.4 Å². The molecule has 2 aromatic carbocycles. The van der Waals surface area contributed by atoms with Gasteiger partial charge in [0.2, 0.25) is 11.8 Å². The molecule has 2 N–H and O–H groups in total. The lowest BCUT2D eigenvalue weighted by molar-refractivity contribution is -0.921. The average Bonchev–Trinajstić information content (AvgIpc) is 2.78. The highest BCUT2D eigenvalue weighted by Crippen LogP contribution is 2.34. The number of nitrogens with one attached hydrogen (secondary N) is 2. The van der Waals surface area contributed by atoms with Gasteiger partial charge in [-0.1, -0.05) is 36.4 Å². The number of para-hydroxylation sites is 1. The molecule has 0 spiro atoms. The Morgan fingerprint density at radius 1 is 1.07 bits per heavy atom. The van der Waals surface area contributed by atoms with Crippen LogP contribution in [0.4, 0.5) is 5.69 Å². The van der Waals surface area contributed by atoms with Crippen molar-refractivity contribution < 1.29 is 19.2 Å². The molecule has 0 unspecified atom stereocenters. The predicted molar refractivity (Wildman–Crippen MR) is 118 cm³/mol. The van der Waals surface area contributed by atoms with Crippen LogP contribution in [0.5, 0.6) is 0 Å². The molecule has 0 aliphatic carbocycles. The molecule has 2 aliphatic rings. The zero-order valence-corrected chi connectivity index (χ0v) is 17.9. The van der Waals surface area contributed by atoms with E-state index in [1.807, 2.05) is 30.3 Å². The fourth-order valence-corrected chi connectivity index (χ4v) is 4.84. The average molecular weight is 427 g/mol. The molecule has 2 aliphatic heterocycles. The molecule has 2 aromatic rings. The molecule has 0 bridgehead atoms. The van der Waals surface area contributed by atoms with Gasteiger partial charge in [-0.3, -0.25) is 9.59 Å². The molecule has 1 fully saturated rings. The second kappa shape index (κ2) is 10.1. The Labute approximate surface area is 181 Å². The molecule has 2 heterocycles. The van der Waals surface area contributed by atoms with E-state index in [0.29, 0.717) is 25.3 Å².